The van der Waals surface area contributed by atoms with Gasteiger partial charge in [-0.1, -0.05) is 0 Å². The van der Waals surface area contributed by atoms with E-state index < -0.39 is 5.82 Å². The molecule has 0 aliphatic heterocycles. The van der Waals surface area contributed by atoms with E-state index in [-0.39, 0.29) is 11.8 Å². The van der Waals surface area contributed by atoms with Gasteiger partial charge in [-0.25, -0.2) is 4.39 Å². The number of aromatic hydroxyl groups is 1. The highest BCUT2D eigenvalue weighted by Crippen LogP contribution is 2.18. The Bertz CT molecular complexity index is 560. The van der Waals surface area contributed by atoms with Gasteiger partial charge >= 0.3 is 0 Å². The number of phenols is 1. The summed E-state index contributed by atoms with van der Waals surface area (Å²) in [5, 5.41) is 16.8. The van der Waals surface area contributed by atoms with E-state index in [9.17, 15) is 9.50 Å². The summed E-state index contributed by atoms with van der Waals surface area (Å²) in [6.45, 7) is 4.53. The summed E-state index contributed by atoms with van der Waals surface area (Å²) in [4.78, 5) is 0. The van der Waals surface area contributed by atoms with Gasteiger partial charge in [-0.05, 0) is 31.5 Å². The molecule has 1 aromatic carbocycles. The van der Waals surface area contributed by atoms with Crippen LogP contribution in [0.15, 0.2) is 24.4 Å². The van der Waals surface area contributed by atoms with Crippen molar-refractivity contribution in [2.24, 2.45) is 7.05 Å². The maximum atomic E-state index is 13.1. The number of halogens is 1. The van der Waals surface area contributed by atoms with E-state index in [2.05, 4.69) is 10.4 Å². The first kappa shape index (κ1) is 13.5. The second-order valence-electron chi connectivity index (χ2n) is 4.73. The maximum Gasteiger partial charge on any atom is 0.127 e. The Morgan fingerprint density at radius 2 is 2.16 bits per heavy atom. The van der Waals surface area contributed by atoms with Gasteiger partial charge in [0.1, 0.15) is 11.6 Å². The summed E-state index contributed by atoms with van der Waals surface area (Å²) < 4.78 is 15.0. The summed E-state index contributed by atoms with van der Waals surface area (Å²) >= 11 is 0. The average molecular weight is 263 g/mol. The standard InChI is InChI=1S/C14H18FN3O/c1-9(14-8-17-18(3)10(14)2)16-7-11-4-12(15)6-13(19)5-11/h4-6,8-9,16,19H,7H2,1-3H3. The third-order valence-electron chi connectivity index (χ3n) is 3.29. The van der Waals surface area contributed by atoms with Crippen LogP contribution in [0.2, 0.25) is 0 Å². The minimum atomic E-state index is -0.429. The van der Waals surface area contributed by atoms with Gasteiger partial charge in [-0.3, -0.25) is 4.68 Å². The molecule has 0 aliphatic carbocycles. The summed E-state index contributed by atoms with van der Waals surface area (Å²) in [5.74, 6) is -0.482. The summed E-state index contributed by atoms with van der Waals surface area (Å²) in [6, 6.07) is 4.17. The van der Waals surface area contributed by atoms with Crippen molar-refractivity contribution < 1.29 is 9.50 Å². The molecule has 0 aliphatic rings. The van der Waals surface area contributed by atoms with Crippen LogP contribution in [0.25, 0.3) is 0 Å². The lowest BCUT2D eigenvalue weighted by atomic mass is 10.1. The Morgan fingerprint density at radius 1 is 1.42 bits per heavy atom. The maximum absolute atomic E-state index is 13.1. The van der Waals surface area contributed by atoms with Gasteiger partial charge in [0.15, 0.2) is 0 Å². The van der Waals surface area contributed by atoms with Crippen LogP contribution in [-0.4, -0.2) is 14.9 Å². The molecule has 102 valence electrons. The smallest absolute Gasteiger partial charge is 0.127 e. The second kappa shape index (κ2) is 5.40. The van der Waals surface area contributed by atoms with Gasteiger partial charge < -0.3 is 10.4 Å². The van der Waals surface area contributed by atoms with Crippen LogP contribution in [0.3, 0.4) is 0 Å². The Kier molecular flexibility index (Phi) is 3.85. The fourth-order valence-electron chi connectivity index (χ4n) is 2.06. The molecule has 1 heterocycles. The monoisotopic (exact) mass is 263 g/mol. The third kappa shape index (κ3) is 3.12. The fraction of sp³-hybridized carbons (Fsp3) is 0.357. The first-order chi connectivity index (χ1) is 8.97. The molecule has 0 amide bonds. The van der Waals surface area contributed by atoms with E-state index >= 15 is 0 Å². The molecule has 1 unspecified atom stereocenters. The lowest BCUT2D eigenvalue weighted by Crippen LogP contribution is -2.18. The average Bonchev–Trinajstić information content (AvgIpc) is 2.66. The molecule has 0 spiro atoms. The molecule has 0 saturated carbocycles. The predicted molar refractivity (Wildman–Crippen MR) is 71.3 cm³/mol. The normalized spacial score (nSPS) is 12.6. The van der Waals surface area contributed by atoms with Crippen molar-refractivity contribution in [2.75, 3.05) is 0 Å². The Labute approximate surface area is 111 Å². The van der Waals surface area contributed by atoms with Crippen molar-refractivity contribution in [1.29, 1.82) is 0 Å². The molecule has 0 bridgehead atoms. The Morgan fingerprint density at radius 3 is 2.74 bits per heavy atom. The molecule has 2 N–H and O–H groups in total. The van der Waals surface area contributed by atoms with Crippen LogP contribution < -0.4 is 5.32 Å². The lowest BCUT2D eigenvalue weighted by molar-refractivity contribution is 0.466. The molecule has 0 saturated heterocycles. The molecule has 0 fully saturated rings. The number of aromatic nitrogens is 2. The zero-order valence-corrected chi connectivity index (χ0v) is 11.3. The van der Waals surface area contributed by atoms with E-state index in [4.69, 9.17) is 0 Å². The number of nitrogens with one attached hydrogen (secondary N) is 1. The van der Waals surface area contributed by atoms with Crippen LogP contribution in [-0.2, 0) is 13.6 Å². The van der Waals surface area contributed by atoms with Crippen molar-refractivity contribution in [3.8, 4) is 5.75 Å². The van der Waals surface area contributed by atoms with Crippen LogP contribution in [0.4, 0.5) is 4.39 Å². The highest BCUT2D eigenvalue weighted by molar-refractivity contribution is 5.28. The molecule has 19 heavy (non-hydrogen) atoms. The van der Waals surface area contributed by atoms with Crippen LogP contribution in [0.1, 0.15) is 29.8 Å². The van der Waals surface area contributed by atoms with E-state index in [1.807, 2.05) is 31.8 Å². The molecule has 1 aromatic heterocycles. The van der Waals surface area contributed by atoms with E-state index in [1.54, 1.807) is 6.07 Å². The lowest BCUT2D eigenvalue weighted by Gasteiger charge is -2.14. The highest BCUT2D eigenvalue weighted by atomic mass is 19.1. The number of benzene rings is 1. The van der Waals surface area contributed by atoms with Gasteiger partial charge in [0.05, 0.1) is 6.20 Å². The number of rotatable bonds is 4. The third-order valence-corrected chi connectivity index (χ3v) is 3.29. The van der Waals surface area contributed by atoms with Gasteiger partial charge in [-0.15, -0.1) is 0 Å². The molecule has 0 radical (unpaired) electrons. The summed E-state index contributed by atoms with van der Waals surface area (Å²) in [6.07, 6.45) is 1.83. The molecular formula is C14H18FN3O. The number of aryl methyl sites for hydroxylation is 1. The molecule has 4 nitrogen and oxygen atoms in total. The van der Waals surface area contributed by atoms with Crippen molar-refractivity contribution in [1.82, 2.24) is 15.1 Å². The topological polar surface area (TPSA) is 50.1 Å². The van der Waals surface area contributed by atoms with Crippen LogP contribution >= 0.6 is 0 Å². The van der Waals surface area contributed by atoms with E-state index in [0.29, 0.717) is 12.1 Å². The number of nitrogens with zero attached hydrogens (tertiary/aromatic N) is 2. The highest BCUT2D eigenvalue weighted by Gasteiger charge is 2.11. The molecule has 2 rings (SSSR count). The summed E-state index contributed by atoms with van der Waals surface area (Å²) in [5.41, 5.74) is 2.93. The van der Waals surface area contributed by atoms with Crippen molar-refractivity contribution in [2.45, 2.75) is 26.4 Å². The van der Waals surface area contributed by atoms with Gasteiger partial charge in [0.2, 0.25) is 0 Å². The number of hydrogen-bond acceptors (Lipinski definition) is 3. The minimum absolute atomic E-state index is 0.0537. The minimum Gasteiger partial charge on any atom is -0.508 e. The SMILES string of the molecule is Cc1c(C(C)NCc2cc(O)cc(F)c2)cnn1C. The number of phenolic OH excluding ortho intramolecular Hbond substituents is 1. The summed E-state index contributed by atoms with van der Waals surface area (Å²) in [7, 11) is 1.90. The molecule has 1 atom stereocenters. The Hall–Kier alpha value is -1.88. The predicted octanol–water partition coefficient (Wildman–Crippen LogP) is 2.42. The fourth-order valence-corrected chi connectivity index (χ4v) is 2.06. The van der Waals surface area contributed by atoms with Gasteiger partial charge in [-0.2, -0.15) is 5.10 Å². The molecule has 5 heteroatoms. The van der Waals surface area contributed by atoms with Crippen molar-refractivity contribution >= 4 is 0 Å². The van der Waals surface area contributed by atoms with Crippen LogP contribution in [0.5, 0.6) is 5.75 Å². The molecular weight excluding hydrogens is 245 g/mol. The largest absolute Gasteiger partial charge is 0.508 e. The quantitative estimate of drug-likeness (QED) is 0.890. The van der Waals surface area contributed by atoms with E-state index in [1.165, 1.54) is 6.07 Å². The first-order valence-electron chi connectivity index (χ1n) is 6.17. The van der Waals surface area contributed by atoms with Crippen LogP contribution in [0, 0.1) is 12.7 Å². The van der Waals surface area contributed by atoms with Gasteiger partial charge in [0, 0.05) is 37.0 Å². The van der Waals surface area contributed by atoms with Gasteiger partial charge in [0.25, 0.3) is 0 Å². The van der Waals surface area contributed by atoms with E-state index in [0.717, 1.165) is 17.3 Å². The number of hydrogen-bond donors (Lipinski definition) is 2. The zero-order valence-electron chi connectivity index (χ0n) is 11.3. The van der Waals surface area contributed by atoms with Crippen molar-refractivity contribution in [3.05, 3.63) is 47.0 Å². The zero-order chi connectivity index (χ0) is 14.0. The molecule has 2 aromatic rings. The second-order valence-corrected chi connectivity index (χ2v) is 4.73. The Balaban J connectivity index is 2.04. The first-order valence-corrected chi connectivity index (χ1v) is 6.17. The van der Waals surface area contributed by atoms with Crippen molar-refractivity contribution in [3.63, 3.8) is 0 Å².